The average molecular weight is 288 g/mol. The second-order valence-corrected chi connectivity index (χ2v) is 6.49. The lowest BCUT2D eigenvalue weighted by molar-refractivity contribution is -0.116. The van der Waals surface area contributed by atoms with Crippen LogP contribution in [0.5, 0.6) is 0 Å². The number of amides is 1. The van der Waals surface area contributed by atoms with Crippen LogP contribution in [0.1, 0.15) is 19.8 Å². The molecule has 5 nitrogen and oxygen atoms in total. The number of nitrogens with one attached hydrogen (secondary N) is 1. The molecule has 0 aliphatic carbocycles. The summed E-state index contributed by atoms with van der Waals surface area (Å²) >= 11 is 0. The summed E-state index contributed by atoms with van der Waals surface area (Å²) in [5, 5.41) is 2.34. The highest BCUT2D eigenvalue weighted by Gasteiger charge is 2.13. The average Bonchev–Trinajstić information content (AvgIpc) is 2.28. The Morgan fingerprint density at radius 2 is 2.11 bits per heavy atom. The van der Waals surface area contributed by atoms with E-state index >= 15 is 0 Å². The maximum absolute atomic E-state index is 13.5. The van der Waals surface area contributed by atoms with Gasteiger partial charge in [-0.05, 0) is 31.5 Å². The van der Waals surface area contributed by atoms with Gasteiger partial charge < -0.3 is 11.1 Å². The fourth-order valence-electron chi connectivity index (χ4n) is 1.40. The van der Waals surface area contributed by atoms with Crippen molar-refractivity contribution in [2.45, 2.75) is 30.7 Å². The summed E-state index contributed by atoms with van der Waals surface area (Å²) in [5.41, 5.74) is 5.37. The fourth-order valence-corrected chi connectivity index (χ4v) is 2.05. The molecule has 0 aliphatic rings. The van der Waals surface area contributed by atoms with E-state index in [1.807, 2.05) is 0 Å². The Balaban J connectivity index is 2.86. The van der Waals surface area contributed by atoms with E-state index in [0.29, 0.717) is 6.42 Å². The van der Waals surface area contributed by atoms with Gasteiger partial charge in [-0.15, -0.1) is 0 Å². The first-order valence-corrected chi connectivity index (χ1v) is 7.64. The first-order valence-electron chi connectivity index (χ1n) is 5.75. The molecule has 1 aromatic carbocycles. The summed E-state index contributed by atoms with van der Waals surface area (Å²) in [7, 11) is -3.44. The van der Waals surface area contributed by atoms with Crippen LogP contribution in [0.2, 0.25) is 0 Å². The molecule has 0 spiro atoms. The fraction of sp³-hybridized carbons (Fsp3) is 0.417. The van der Waals surface area contributed by atoms with Crippen molar-refractivity contribution in [1.82, 2.24) is 0 Å². The molecule has 0 aromatic heterocycles. The molecule has 0 bridgehead atoms. The van der Waals surface area contributed by atoms with Gasteiger partial charge in [-0.25, -0.2) is 12.8 Å². The number of carbonyl (C=O) groups is 1. The Kier molecular flexibility index (Phi) is 5.02. The summed E-state index contributed by atoms with van der Waals surface area (Å²) in [6.45, 7) is 1.76. The summed E-state index contributed by atoms with van der Waals surface area (Å²) in [4.78, 5) is 11.5. The van der Waals surface area contributed by atoms with Gasteiger partial charge in [-0.1, -0.05) is 0 Å². The minimum absolute atomic E-state index is 0.0450. The van der Waals surface area contributed by atoms with E-state index in [0.717, 1.165) is 24.5 Å². The summed E-state index contributed by atoms with van der Waals surface area (Å²) in [6.07, 6.45) is 1.64. The Morgan fingerprint density at radius 3 is 2.63 bits per heavy atom. The Hall–Kier alpha value is -1.47. The number of rotatable bonds is 5. The molecule has 0 saturated carbocycles. The van der Waals surface area contributed by atoms with E-state index in [1.54, 1.807) is 6.92 Å². The monoisotopic (exact) mass is 288 g/mol. The van der Waals surface area contributed by atoms with E-state index < -0.39 is 21.6 Å². The van der Waals surface area contributed by atoms with E-state index in [1.165, 1.54) is 0 Å². The van der Waals surface area contributed by atoms with Gasteiger partial charge in [0, 0.05) is 18.7 Å². The third-order valence-corrected chi connectivity index (χ3v) is 3.58. The number of hydrogen-bond donors (Lipinski definition) is 2. The Bertz CT molecular complexity index is 570. The van der Waals surface area contributed by atoms with Gasteiger partial charge in [-0.3, -0.25) is 4.79 Å². The van der Waals surface area contributed by atoms with Crippen LogP contribution in [0, 0.1) is 5.82 Å². The van der Waals surface area contributed by atoms with Gasteiger partial charge in [-0.2, -0.15) is 0 Å². The SMILES string of the molecule is CC(N)CCC(=O)Nc1cc(S(C)(=O)=O)ccc1F. The molecule has 0 heterocycles. The van der Waals surface area contributed by atoms with Crippen molar-refractivity contribution in [2.24, 2.45) is 5.73 Å². The zero-order valence-corrected chi connectivity index (χ0v) is 11.6. The largest absolute Gasteiger partial charge is 0.328 e. The van der Waals surface area contributed by atoms with Crippen LogP contribution in [0.15, 0.2) is 23.1 Å². The lowest BCUT2D eigenvalue weighted by atomic mass is 10.2. The topological polar surface area (TPSA) is 89.3 Å². The maximum Gasteiger partial charge on any atom is 0.224 e. The predicted octanol–water partition coefficient (Wildman–Crippen LogP) is 1.30. The molecular formula is C12H17FN2O3S. The van der Waals surface area contributed by atoms with E-state index in [9.17, 15) is 17.6 Å². The number of benzene rings is 1. The van der Waals surface area contributed by atoms with E-state index in [-0.39, 0.29) is 23.0 Å². The molecule has 0 saturated heterocycles. The minimum atomic E-state index is -3.44. The molecule has 19 heavy (non-hydrogen) atoms. The van der Waals surface area contributed by atoms with Crippen molar-refractivity contribution in [3.8, 4) is 0 Å². The number of nitrogens with two attached hydrogens (primary N) is 1. The molecule has 106 valence electrons. The molecule has 3 N–H and O–H groups in total. The second-order valence-electron chi connectivity index (χ2n) is 4.48. The Labute approximate surface area is 111 Å². The summed E-state index contributed by atoms with van der Waals surface area (Å²) < 4.78 is 36.2. The number of halogens is 1. The molecule has 0 aliphatic heterocycles. The maximum atomic E-state index is 13.5. The van der Waals surface area contributed by atoms with Gasteiger partial charge in [0.15, 0.2) is 9.84 Å². The van der Waals surface area contributed by atoms with Gasteiger partial charge in [0.25, 0.3) is 0 Å². The Morgan fingerprint density at radius 1 is 1.47 bits per heavy atom. The standard InChI is InChI=1S/C12H17FN2O3S/c1-8(14)3-6-12(16)15-11-7-9(19(2,17)18)4-5-10(11)13/h4-5,7-8H,3,6,14H2,1-2H3,(H,15,16). The predicted molar refractivity (Wildman–Crippen MR) is 71.0 cm³/mol. The number of hydrogen-bond acceptors (Lipinski definition) is 4. The van der Waals surface area contributed by atoms with Crippen molar-refractivity contribution >= 4 is 21.4 Å². The lowest BCUT2D eigenvalue weighted by Gasteiger charge is -2.09. The smallest absolute Gasteiger partial charge is 0.224 e. The molecule has 1 amide bonds. The molecule has 0 radical (unpaired) electrons. The van der Waals surface area contributed by atoms with Gasteiger partial charge in [0.05, 0.1) is 10.6 Å². The van der Waals surface area contributed by atoms with Crippen molar-refractivity contribution in [3.63, 3.8) is 0 Å². The highest BCUT2D eigenvalue weighted by atomic mass is 32.2. The van der Waals surface area contributed by atoms with Crippen LogP contribution in [-0.4, -0.2) is 26.6 Å². The summed E-state index contributed by atoms with van der Waals surface area (Å²) in [5.74, 6) is -1.08. The van der Waals surface area contributed by atoms with Crippen molar-refractivity contribution in [2.75, 3.05) is 11.6 Å². The van der Waals surface area contributed by atoms with Gasteiger partial charge in [0.1, 0.15) is 5.82 Å². The first kappa shape index (κ1) is 15.6. The molecular weight excluding hydrogens is 271 g/mol. The molecule has 1 rings (SSSR count). The van der Waals surface area contributed by atoms with Crippen LogP contribution in [0.3, 0.4) is 0 Å². The molecule has 1 aromatic rings. The quantitative estimate of drug-likeness (QED) is 0.799. The normalized spacial score (nSPS) is 13.1. The molecule has 1 unspecified atom stereocenters. The van der Waals surface area contributed by atoms with Crippen LogP contribution in [0.4, 0.5) is 10.1 Å². The zero-order chi connectivity index (χ0) is 14.6. The number of sulfone groups is 1. The van der Waals surface area contributed by atoms with Gasteiger partial charge in [0.2, 0.25) is 5.91 Å². The van der Waals surface area contributed by atoms with Gasteiger partial charge >= 0.3 is 0 Å². The van der Waals surface area contributed by atoms with E-state index in [2.05, 4.69) is 5.32 Å². The first-order chi connectivity index (χ1) is 8.70. The van der Waals surface area contributed by atoms with Crippen LogP contribution >= 0.6 is 0 Å². The van der Waals surface area contributed by atoms with Crippen LogP contribution in [-0.2, 0) is 14.6 Å². The molecule has 1 atom stereocenters. The number of carbonyl (C=O) groups excluding carboxylic acids is 1. The third-order valence-electron chi connectivity index (χ3n) is 2.47. The lowest BCUT2D eigenvalue weighted by Crippen LogP contribution is -2.20. The minimum Gasteiger partial charge on any atom is -0.328 e. The molecule has 7 heteroatoms. The molecule has 0 fully saturated rings. The van der Waals surface area contributed by atoms with Crippen molar-refractivity contribution in [3.05, 3.63) is 24.0 Å². The second kappa shape index (κ2) is 6.12. The zero-order valence-electron chi connectivity index (χ0n) is 10.8. The van der Waals surface area contributed by atoms with Crippen LogP contribution in [0.25, 0.3) is 0 Å². The van der Waals surface area contributed by atoms with E-state index in [4.69, 9.17) is 5.73 Å². The van der Waals surface area contributed by atoms with Crippen molar-refractivity contribution < 1.29 is 17.6 Å². The summed E-state index contributed by atoms with van der Waals surface area (Å²) in [6, 6.07) is 3.15. The van der Waals surface area contributed by atoms with Crippen molar-refractivity contribution in [1.29, 1.82) is 0 Å². The third kappa shape index (κ3) is 4.96. The highest BCUT2D eigenvalue weighted by molar-refractivity contribution is 7.90. The van der Waals surface area contributed by atoms with Crippen LogP contribution < -0.4 is 11.1 Å². The highest BCUT2D eigenvalue weighted by Crippen LogP contribution is 2.19. The number of anilines is 1.